The van der Waals surface area contributed by atoms with Gasteiger partial charge in [-0.15, -0.1) is 0 Å². The van der Waals surface area contributed by atoms with Crippen molar-refractivity contribution in [1.29, 1.82) is 0 Å². The van der Waals surface area contributed by atoms with Gasteiger partial charge in [0, 0.05) is 12.1 Å². The summed E-state index contributed by atoms with van der Waals surface area (Å²) in [6.07, 6.45) is -2.10. The number of aliphatic hydroxyl groups is 1. The molecule has 35 heavy (non-hydrogen) atoms. The molecule has 11 nitrogen and oxygen atoms in total. The van der Waals surface area contributed by atoms with Crippen molar-refractivity contribution >= 4 is 28.7 Å². The predicted octanol–water partition coefficient (Wildman–Crippen LogP) is 1.84. The molecular formula is C21H18ClF2N3O8. The zero-order valence-electron chi connectivity index (χ0n) is 17.7. The fourth-order valence-corrected chi connectivity index (χ4v) is 4.02. The lowest BCUT2D eigenvalue weighted by atomic mass is 10.1. The molecule has 5 rings (SSSR count). The number of benzene rings is 1. The number of rotatable bonds is 8. The second kappa shape index (κ2) is 9.41. The van der Waals surface area contributed by atoms with Crippen molar-refractivity contribution in [1.82, 2.24) is 15.0 Å². The Balaban J connectivity index is 1.28. The minimum absolute atomic E-state index is 0.0569. The molecule has 0 spiro atoms. The molecule has 2 aliphatic rings. The highest BCUT2D eigenvalue weighted by atomic mass is 35.5. The van der Waals surface area contributed by atoms with Gasteiger partial charge in [-0.3, -0.25) is 0 Å². The summed E-state index contributed by atoms with van der Waals surface area (Å²) in [6.45, 7) is -0.922. The van der Waals surface area contributed by atoms with Crippen molar-refractivity contribution in [2.75, 3.05) is 19.8 Å². The maximum Gasteiger partial charge on any atom is 0.341 e. The number of carboxylic acid groups (broad SMARTS) is 1. The van der Waals surface area contributed by atoms with Gasteiger partial charge in [0.25, 0.3) is 6.01 Å². The molecule has 0 amide bonds. The molecule has 4 heterocycles. The Morgan fingerprint density at radius 1 is 1.14 bits per heavy atom. The summed E-state index contributed by atoms with van der Waals surface area (Å²) in [5, 5.41) is 18.5. The van der Waals surface area contributed by atoms with Crippen LogP contribution in [0.25, 0.3) is 11.2 Å². The van der Waals surface area contributed by atoms with Crippen LogP contribution in [0.15, 0.2) is 18.2 Å². The highest BCUT2D eigenvalue weighted by Gasteiger charge is 2.48. The summed E-state index contributed by atoms with van der Waals surface area (Å²) in [7, 11) is 0. The summed E-state index contributed by atoms with van der Waals surface area (Å²) in [5.74, 6) is -3.66. The van der Waals surface area contributed by atoms with E-state index in [4.69, 9.17) is 40.4 Å². The van der Waals surface area contributed by atoms with Gasteiger partial charge in [-0.1, -0.05) is 11.6 Å². The second-order valence-corrected chi connectivity index (χ2v) is 8.25. The number of carboxylic acids is 1. The van der Waals surface area contributed by atoms with E-state index in [1.165, 1.54) is 6.07 Å². The molecular weight excluding hydrogens is 496 g/mol. The van der Waals surface area contributed by atoms with E-state index in [2.05, 4.69) is 15.0 Å². The van der Waals surface area contributed by atoms with Gasteiger partial charge in [-0.25, -0.2) is 13.6 Å². The summed E-state index contributed by atoms with van der Waals surface area (Å²) < 4.78 is 55.7. The number of halogens is 3. The first-order chi connectivity index (χ1) is 16.8. The third kappa shape index (κ3) is 4.80. The predicted molar refractivity (Wildman–Crippen MR) is 113 cm³/mol. The Hall–Kier alpha value is -3.26. The Morgan fingerprint density at radius 2 is 1.89 bits per heavy atom. The number of aliphatic carboxylic acids is 1. The van der Waals surface area contributed by atoms with Crippen LogP contribution in [-0.4, -0.2) is 75.4 Å². The Labute approximate surface area is 200 Å². The van der Waals surface area contributed by atoms with Gasteiger partial charge in [0.2, 0.25) is 5.88 Å². The number of imidazole rings is 1. The van der Waals surface area contributed by atoms with Gasteiger partial charge in [0.15, 0.2) is 18.4 Å². The van der Waals surface area contributed by atoms with Crippen LogP contribution in [-0.2, 0) is 20.9 Å². The number of fused-ring (bicyclic) bond motifs is 2. The first-order valence-electron chi connectivity index (χ1n) is 10.4. The zero-order chi connectivity index (χ0) is 24.7. The Bertz CT molecular complexity index is 1250. The number of nitrogens with one attached hydrogen (secondary N) is 1. The van der Waals surface area contributed by atoms with Crippen LogP contribution in [0.5, 0.6) is 17.6 Å². The van der Waals surface area contributed by atoms with E-state index in [1.807, 2.05) is 0 Å². The van der Waals surface area contributed by atoms with Crippen LogP contribution in [0, 0.1) is 11.6 Å². The number of nitrogens with zero attached hydrogens (tertiary/aromatic N) is 2. The smallest absolute Gasteiger partial charge is 0.341 e. The van der Waals surface area contributed by atoms with Gasteiger partial charge < -0.3 is 38.9 Å². The Morgan fingerprint density at radius 3 is 2.63 bits per heavy atom. The van der Waals surface area contributed by atoms with E-state index in [9.17, 15) is 18.7 Å². The average Bonchev–Trinajstić information content (AvgIpc) is 3.48. The average molecular weight is 514 g/mol. The molecule has 1 unspecified atom stereocenters. The number of aromatic nitrogens is 3. The fraction of sp³-hybridized carbons (Fsp3) is 0.381. The molecule has 2 aliphatic heterocycles. The van der Waals surface area contributed by atoms with Crippen molar-refractivity contribution in [3.63, 3.8) is 0 Å². The molecule has 2 fully saturated rings. The lowest BCUT2D eigenvalue weighted by molar-refractivity contribution is -0.139. The first-order valence-corrected chi connectivity index (χ1v) is 10.8. The quantitative estimate of drug-likeness (QED) is 0.408. The number of hydrogen-bond acceptors (Lipinski definition) is 9. The van der Waals surface area contributed by atoms with Crippen LogP contribution in [0.1, 0.15) is 5.56 Å². The second-order valence-electron chi connectivity index (χ2n) is 7.84. The molecule has 4 atom stereocenters. The summed E-state index contributed by atoms with van der Waals surface area (Å²) in [5.41, 5.74) is 0.185. The van der Waals surface area contributed by atoms with E-state index >= 15 is 0 Å². The van der Waals surface area contributed by atoms with Crippen LogP contribution < -0.4 is 14.2 Å². The normalized spacial score (nSPS) is 23.4. The molecule has 186 valence electrons. The van der Waals surface area contributed by atoms with Gasteiger partial charge >= 0.3 is 5.97 Å². The van der Waals surface area contributed by atoms with Crippen molar-refractivity contribution < 1.29 is 47.5 Å². The van der Waals surface area contributed by atoms with Gasteiger partial charge in [-0.05, 0) is 6.07 Å². The lowest BCUT2D eigenvalue weighted by Crippen LogP contribution is -2.34. The molecule has 14 heteroatoms. The molecule has 3 N–H and O–H groups in total. The Kier molecular flexibility index (Phi) is 6.32. The summed E-state index contributed by atoms with van der Waals surface area (Å²) >= 11 is 6.21. The number of aliphatic hydroxyl groups excluding tert-OH is 1. The SMILES string of the molecule is O=C(O)COc1cc(F)c(COc2nc3nc(O[C@@H]4COC5[C@H](O)CO[C@@H]54)[nH]c3cc2Cl)c(F)c1. The maximum atomic E-state index is 14.3. The third-order valence-corrected chi connectivity index (χ3v) is 5.72. The molecule has 0 radical (unpaired) electrons. The largest absolute Gasteiger partial charge is 0.482 e. The van der Waals surface area contributed by atoms with E-state index in [-0.39, 0.29) is 41.5 Å². The van der Waals surface area contributed by atoms with Gasteiger partial charge in [0.1, 0.15) is 47.3 Å². The highest BCUT2D eigenvalue weighted by Crippen LogP contribution is 2.32. The minimum Gasteiger partial charge on any atom is -0.482 e. The number of H-pyrrole nitrogens is 1. The van der Waals surface area contributed by atoms with E-state index < -0.39 is 60.8 Å². The number of pyridine rings is 1. The fourth-order valence-electron chi connectivity index (χ4n) is 3.81. The number of aromatic amines is 1. The van der Waals surface area contributed by atoms with E-state index in [1.54, 1.807) is 0 Å². The molecule has 2 aromatic heterocycles. The molecule has 2 saturated heterocycles. The third-order valence-electron chi connectivity index (χ3n) is 5.45. The summed E-state index contributed by atoms with van der Waals surface area (Å²) in [6, 6.07) is 3.29. The number of hydrogen-bond donors (Lipinski definition) is 3. The first kappa shape index (κ1) is 23.5. The molecule has 3 aromatic rings. The van der Waals surface area contributed by atoms with Crippen molar-refractivity contribution in [2.45, 2.75) is 31.0 Å². The van der Waals surface area contributed by atoms with Crippen LogP contribution in [0.4, 0.5) is 8.78 Å². The number of carbonyl (C=O) groups is 1. The summed E-state index contributed by atoms with van der Waals surface area (Å²) in [4.78, 5) is 21.9. The zero-order valence-corrected chi connectivity index (χ0v) is 18.5. The molecule has 1 aromatic carbocycles. The number of ether oxygens (including phenoxy) is 5. The molecule has 0 bridgehead atoms. The topological polar surface area (TPSA) is 145 Å². The maximum absolute atomic E-state index is 14.3. The van der Waals surface area contributed by atoms with Crippen LogP contribution in [0.2, 0.25) is 5.02 Å². The van der Waals surface area contributed by atoms with Crippen molar-refractivity contribution in [3.8, 4) is 17.6 Å². The van der Waals surface area contributed by atoms with Gasteiger partial charge in [0.05, 0.1) is 24.3 Å². The molecule has 0 saturated carbocycles. The molecule has 0 aliphatic carbocycles. The van der Waals surface area contributed by atoms with Crippen molar-refractivity contribution in [2.24, 2.45) is 0 Å². The van der Waals surface area contributed by atoms with Crippen molar-refractivity contribution in [3.05, 3.63) is 40.4 Å². The van der Waals surface area contributed by atoms with E-state index in [0.717, 1.165) is 12.1 Å². The lowest BCUT2D eigenvalue weighted by Gasteiger charge is -2.15. The van der Waals surface area contributed by atoms with Gasteiger partial charge in [-0.2, -0.15) is 9.97 Å². The monoisotopic (exact) mass is 513 g/mol. The van der Waals surface area contributed by atoms with Crippen LogP contribution >= 0.6 is 11.6 Å². The van der Waals surface area contributed by atoms with Crippen LogP contribution in [0.3, 0.4) is 0 Å². The standard InChI is InChI=1S/C21H18ClF2N3O8/c22-10-3-13-19(27-21(25-13)35-15-6-33-17-14(28)5-32-18(15)17)26-20(10)34-4-9-11(23)1-8(2-12(9)24)31-7-16(29)30/h1-3,14-15,17-18,28H,4-7H2,(H,29,30)(H,25,26,27)/t14-,15-,17?,18-/m1/s1. The highest BCUT2D eigenvalue weighted by molar-refractivity contribution is 6.32. The van der Waals surface area contributed by atoms with E-state index in [0.29, 0.717) is 5.52 Å². The minimum atomic E-state index is -1.28.